The van der Waals surface area contributed by atoms with Gasteiger partial charge in [-0.3, -0.25) is 4.68 Å². The first-order valence-electron chi connectivity index (χ1n) is 12.6. The Morgan fingerprint density at radius 3 is 2.50 bits per heavy atom. The highest BCUT2D eigenvalue weighted by atomic mass is 35.5. The molecule has 0 radical (unpaired) electrons. The largest absolute Gasteiger partial charge is 0.384 e. The van der Waals surface area contributed by atoms with E-state index in [1.807, 2.05) is 22.9 Å². The van der Waals surface area contributed by atoms with Crippen LogP contribution in [0.15, 0.2) is 53.4 Å². The fourth-order valence-electron chi connectivity index (χ4n) is 5.40. The topological polar surface area (TPSA) is 72.2 Å². The SMILES string of the molecule is Cc1cc(-c2cccc(S(C)(=O)=O)c2)ccc1-c1cc(C(C)(C)O)nn1CC1(C)CCCC(C)C1Cl. The van der Waals surface area contributed by atoms with Gasteiger partial charge in [-0.15, -0.1) is 11.6 Å². The lowest BCUT2D eigenvalue weighted by Gasteiger charge is -2.42. The molecule has 0 aliphatic heterocycles. The van der Waals surface area contributed by atoms with E-state index in [9.17, 15) is 13.5 Å². The Morgan fingerprint density at radius 2 is 1.86 bits per heavy atom. The van der Waals surface area contributed by atoms with Gasteiger partial charge in [0.05, 0.1) is 16.3 Å². The minimum atomic E-state index is -3.29. The highest BCUT2D eigenvalue weighted by Crippen LogP contribution is 2.45. The van der Waals surface area contributed by atoms with Crippen LogP contribution in [0.3, 0.4) is 0 Å². The van der Waals surface area contributed by atoms with Gasteiger partial charge in [0, 0.05) is 29.2 Å². The molecule has 1 fully saturated rings. The van der Waals surface area contributed by atoms with Gasteiger partial charge in [0.25, 0.3) is 0 Å². The molecule has 7 heteroatoms. The summed E-state index contributed by atoms with van der Waals surface area (Å²) in [5.41, 5.74) is 4.28. The minimum absolute atomic E-state index is 0.0551. The number of aryl methyl sites for hydroxylation is 1. The van der Waals surface area contributed by atoms with Crippen molar-refractivity contribution in [3.05, 3.63) is 59.8 Å². The molecule has 0 amide bonds. The van der Waals surface area contributed by atoms with Crippen molar-refractivity contribution in [3.63, 3.8) is 0 Å². The number of nitrogens with zero attached hydrogens (tertiary/aromatic N) is 2. The number of aliphatic hydroxyl groups is 1. The second-order valence-electron chi connectivity index (χ2n) is 11.4. The van der Waals surface area contributed by atoms with E-state index in [-0.39, 0.29) is 10.8 Å². The first-order valence-corrected chi connectivity index (χ1v) is 14.9. The lowest BCUT2D eigenvalue weighted by molar-refractivity contribution is 0.0718. The van der Waals surface area contributed by atoms with Gasteiger partial charge < -0.3 is 5.11 Å². The summed E-state index contributed by atoms with van der Waals surface area (Å²) in [6.07, 6.45) is 4.56. The van der Waals surface area contributed by atoms with Crippen LogP contribution >= 0.6 is 11.6 Å². The van der Waals surface area contributed by atoms with Crippen molar-refractivity contribution in [3.8, 4) is 22.4 Å². The summed E-state index contributed by atoms with van der Waals surface area (Å²) in [6.45, 7) is 10.7. The zero-order chi connectivity index (χ0) is 26.5. The fourth-order valence-corrected chi connectivity index (χ4v) is 6.37. The molecule has 2 aromatic carbocycles. The van der Waals surface area contributed by atoms with Crippen molar-refractivity contribution in [1.82, 2.24) is 9.78 Å². The van der Waals surface area contributed by atoms with Crippen molar-refractivity contribution >= 4 is 21.4 Å². The van der Waals surface area contributed by atoms with Crippen LogP contribution in [0.2, 0.25) is 0 Å². The normalized spacial score (nSPS) is 23.1. The van der Waals surface area contributed by atoms with E-state index in [4.69, 9.17) is 16.7 Å². The second kappa shape index (κ2) is 9.62. The third kappa shape index (κ3) is 5.41. The minimum Gasteiger partial charge on any atom is -0.384 e. The Balaban J connectivity index is 1.76. The molecule has 5 nitrogen and oxygen atoms in total. The molecule has 1 aliphatic carbocycles. The van der Waals surface area contributed by atoms with Crippen LogP contribution in [0, 0.1) is 18.3 Å². The summed E-state index contributed by atoms with van der Waals surface area (Å²) in [6, 6.07) is 15.2. The number of aromatic nitrogens is 2. The monoisotopic (exact) mass is 528 g/mol. The predicted octanol–water partition coefficient (Wildman–Crippen LogP) is 6.59. The molecule has 0 bridgehead atoms. The van der Waals surface area contributed by atoms with Gasteiger partial charge in [0.1, 0.15) is 5.60 Å². The molecule has 194 valence electrons. The first-order chi connectivity index (χ1) is 16.7. The van der Waals surface area contributed by atoms with Crippen molar-refractivity contribution in [2.24, 2.45) is 11.3 Å². The van der Waals surface area contributed by atoms with E-state index in [2.05, 4.69) is 32.9 Å². The van der Waals surface area contributed by atoms with Crippen LogP contribution < -0.4 is 0 Å². The van der Waals surface area contributed by atoms with E-state index < -0.39 is 15.4 Å². The number of hydrogen-bond acceptors (Lipinski definition) is 4. The summed E-state index contributed by atoms with van der Waals surface area (Å²) in [4.78, 5) is 0.306. The van der Waals surface area contributed by atoms with E-state index in [0.717, 1.165) is 47.2 Å². The maximum atomic E-state index is 12.0. The van der Waals surface area contributed by atoms with Gasteiger partial charge >= 0.3 is 0 Å². The molecule has 1 saturated carbocycles. The van der Waals surface area contributed by atoms with Crippen LogP contribution in [0.4, 0.5) is 0 Å². The Labute approximate surface area is 220 Å². The smallest absolute Gasteiger partial charge is 0.175 e. The molecule has 1 aliphatic rings. The first kappa shape index (κ1) is 26.9. The predicted molar refractivity (Wildman–Crippen MR) is 147 cm³/mol. The fraction of sp³-hybridized carbons (Fsp3) is 0.483. The number of alkyl halides is 1. The van der Waals surface area contributed by atoms with Gasteiger partial charge in [-0.1, -0.05) is 50.6 Å². The number of halogens is 1. The van der Waals surface area contributed by atoms with Crippen molar-refractivity contribution in [2.75, 3.05) is 6.26 Å². The van der Waals surface area contributed by atoms with E-state index in [1.54, 1.807) is 32.0 Å². The van der Waals surface area contributed by atoms with Crippen LogP contribution in [-0.4, -0.2) is 34.9 Å². The zero-order valence-corrected chi connectivity index (χ0v) is 23.6. The number of rotatable bonds is 6. The summed E-state index contributed by atoms with van der Waals surface area (Å²) < 4.78 is 26.1. The Kier molecular flexibility index (Phi) is 7.19. The quantitative estimate of drug-likeness (QED) is 0.366. The second-order valence-corrected chi connectivity index (χ2v) is 13.9. The maximum absolute atomic E-state index is 12.0. The Hall–Kier alpha value is -2.15. The molecular weight excluding hydrogens is 492 g/mol. The standard InChI is InChI=1S/C29H37ClN2O3S/c1-19-9-8-14-29(5,27(19)30)18-32-25(17-26(31-32)28(3,4)33)24-13-12-22(15-20(24)2)21-10-7-11-23(16-21)36(6,34)35/h7,10-13,15-17,19,27,33H,8-9,14,18H2,1-6H3. The van der Waals surface area contributed by atoms with Crippen molar-refractivity contribution in [2.45, 2.75) is 76.3 Å². The summed E-state index contributed by atoms with van der Waals surface area (Å²) >= 11 is 6.95. The van der Waals surface area contributed by atoms with E-state index in [1.165, 1.54) is 6.26 Å². The van der Waals surface area contributed by atoms with E-state index >= 15 is 0 Å². The highest BCUT2D eigenvalue weighted by molar-refractivity contribution is 7.90. The Bertz CT molecular complexity index is 1370. The summed E-state index contributed by atoms with van der Waals surface area (Å²) in [7, 11) is -3.29. The van der Waals surface area contributed by atoms with Gasteiger partial charge in [-0.05, 0) is 74.4 Å². The van der Waals surface area contributed by atoms with Crippen LogP contribution in [0.1, 0.15) is 58.2 Å². The summed E-state index contributed by atoms with van der Waals surface area (Å²) in [5.74, 6) is 0.446. The third-order valence-corrected chi connectivity index (χ3v) is 9.66. The van der Waals surface area contributed by atoms with Gasteiger partial charge in [-0.25, -0.2) is 8.42 Å². The van der Waals surface area contributed by atoms with Crippen LogP contribution in [-0.2, 0) is 22.0 Å². The molecule has 1 N–H and O–H groups in total. The van der Waals surface area contributed by atoms with Crippen LogP contribution in [0.25, 0.3) is 22.4 Å². The molecule has 3 aromatic rings. The van der Waals surface area contributed by atoms with Crippen LogP contribution in [0.5, 0.6) is 0 Å². The molecule has 1 aromatic heterocycles. The van der Waals surface area contributed by atoms with Gasteiger partial charge in [-0.2, -0.15) is 5.10 Å². The number of sulfone groups is 1. The Morgan fingerprint density at radius 1 is 1.17 bits per heavy atom. The van der Waals surface area contributed by atoms with Crippen molar-refractivity contribution < 1.29 is 13.5 Å². The van der Waals surface area contributed by atoms with Crippen molar-refractivity contribution in [1.29, 1.82) is 0 Å². The van der Waals surface area contributed by atoms with E-state index in [0.29, 0.717) is 23.1 Å². The zero-order valence-electron chi connectivity index (χ0n) is 22.0. The molecular formula is C29H37ClN2O3S. The average molecular weight is 529 g/mol. The molecule has 3 unspecified atom stereocenters. The molecule has 1 heterocycles. The maximum Gasteiger partial charge on any atom is 0.175 e. The molecule has 0 spiro atoms. The number of benzene rings is 2. The molecule has 0 saturated heterocycles. The van der Waals surface area contributed by atoms with Gasteiger partial charge in [0.15, 0.2) is 9.84 Å². The third-order valence-electron chi connectivity index (χ3n) is 7.59. The lowest BCUT2D eigenvalue weighted by Crippen LogP contribution is -2.40. The average Bonchev–Trinajstić information content (AvgIpc) is 3.20. The highest BCUT2D eigenvalue weighted by Gasteiger charge is 2.40. The summed E-state index contributed by atoms with van der Waals surface area (Å²) in [5, 5.41) is 15.7. The molecule has 4 rings (SSSR count). The number of hydrogen-bond donors (Lipinski definition) is 1. The lowest BCUT2D eigenvalue weighted by atomic mass is 9.71. The van der Waals surface area contributed by atoms with Gasteiger partial charge in [0.2, 0.25) is 0 Å². The molecule has 3 atom stereocenters. The molecule has 36 heavy (non-hydrogen) atoms.